The normalized spacial score (nSPS) is 20.3. The van der Waals surface area contributed by atoms with Gasteiger partial charge in [0.15, 0.2) is 0 Å². The molecule has 2 amide bonds. The SMILES string of the molecule is CC(NC(=O)CNC(=O)[C@@H](N)C(C)C)C(C)C1CCCCC1. The zero-order valence-electron chi connectivity index (χ0n) is 14.5. The van der Waals surface area contributed by atoms with E-state index in [-0.39, 0.29) is 30.3 Å². The molecule has 1 aliphatic rings. The fraction of sp³-hybridized carbons (Fsp3) is 0.882. The number of rotatable bonds is 7. The van der Waals surface area contributed by atoms with Crippen molar-refractivity contribution in [2.24, 2.45) is 23.5 Å². The van der Waals surface area contributed by atoms with Crippen molar-refractivity contribution in [3.05, 3.63) is 0 Å². The van der Waals surface area contributed by atoms with Crippen molar-refractivity contribution < 1.29 is 9.59 Å². The molecule has 4 N–H and O–H groups in total. The highest BCUT2D eigenvalue weighted by molar-refractivity contribution is 5.87. The topological polar surface area (TPSA) is 84.2 Å². The molecule has 0 bridgehead atoms. The van der Waals surface area contributed by atoms with Gasteiger partial charge in [-0.25, -0.2) is 0 Å². The second kappa shape index (κ2) is 9.13. The standard InChI is InChI=1S/C17H33N3O2/c1-11(2)16(18)17(22)19-10-15(21)20-13(4)12(3)14-8-6-5-7-9-14/h11-14,16H,5-10,18H2,1-4H3,(H,19,22)(H,20,21)/t12?,13?,16-/m0/s1. The van der Waals surface area contributed by atoms with Gasteiger partial charge in [0.05, 0.1) is 12.6 Å². The van der Waals surface area contributed by atoms with Crippen LogP contribution >= 0.6 is 0 Å². The highest BCUT2D eigenvalue weighted by atomic mass is 16.2. The van der Waals surface area contributed by atoms with Gasteiger partial charge in [-0.05, 0) is 24.7 Å². The summed E-state index contributed by atoms with van der Waals surface area (Å²) in [6.45, 7) is 8.05. The fourth-order valence-corrected chi connectivity index (χ4v) is 3.09. The lowest BCUT2D eigenvalue weighted by atomic mass is 9.78. The minimum absolute atomic E-state index is 0.000972. The van der Waals surface area contributed by atoms with Crippen LogP contribution in [-0.2, 0) is 9.59 Å². The summed E-state index contributed by atoms with van der Waals surface area (Å²) in [6, 6.07) is -0.433. The Morgan fingerprint density at radius 3 is 2.23 bits per heavy atom. The molecule has 0 radical (unpaired) electrons. The Kier molecular flexibility index (Phi) is 7.87. The number of hydrogen-bond acceptors (Lipinski definition) is 3. The summed E-state index contributed by atoms with van der Waals surface area (Å²) in [4.78, 5) is 23.7. The zero-order chi connectivity index (χ0) is 16.7. The van der Waals surface area contributed by atoms with Crippen LogP contribution < -0.4 is 16.4 Å². The van der Waals surface area contributed by atoms with E-state index in [4.69, 9.17) is 5.73 Å². The molecule has 5 nitrogen and oxygen atoms in total. The molecule has 1 rings (SSSR count). The van der Waals surface area contributed by atoms with Gasteiger partial charge in [-0.2, -0.15) is 0 Å². The lowest BCUT2D eigenvalue weighted by molar-refractivity contribution is -0.127. The van der Waals surface area contributed by atoms with Gasteiger partial charge in [0.1, 0.15) is 0 Å². The van der Waals surface area contributed by atoms with Crippen molar-refractivity contribution in [1.82, 2.24) is 10.6 Å². The molecule has 128 valence electrons. The monoisotopic (exact) mass is 311 g/mol. The third-order valence-corrected chi connectivity index (χ3v) is 5.01. The van der Waals surface area contributed by atoms with Crippen LogP contribution in [0.15, 0.2) is 0 Å². The fourth-order valence-electron chi connectivity index (χ4n) is 3.09. The highest BCUT2D eigenvalue weighted by Crippen LogP contribution is 2.31. The molecule has 2 unspecified atom stereocenters. The van der Waals surface area contributed by atoms with Crippen molar-refractivity contribution in [2.75, 3.05) is 6.54 Å². The maximum Gasteiger partial charge on any atom is 0.239 e. The van der Waals surface area contributed by atoms with Crippen LogP contribution in [0.25, 0.3) is 0 Å². The first-order chi connectivity index (χ1) is 10.3. The predicted molar refractivity (Wildman–Crippen MR) is 89.2 cm³/mol. The van der Waals surface area contributed by atoms with E-state index < -0.39 is 6.04 Å². The lowest BCUT2D eigenvalue weighted by Gasteiger charge is -2.32. The Morgan fingerprint density at radius 1 is 1.09 bits per heavy atom. The number of carbonyl (C=O) groups excluding carboxylic acids is 2. The number of amides is 2. The molecule has 3 atom stereocenters. The van der Waals surface area contributed by atoms with Gasteiger partial charge in [0, 0.05) is 6.04 Å². The summed E-state index contributed by atoms with van der Waals surface area (Å²) in [7, 11) is 0. The predicted octanol–water partition coefficient (Wildman–Crippen LogP) is 1.81. The summed E-state index contributed by atoms with van der Waals surface area (Å²) in [5.74, 6) is 0.830. The van der Waals surface area contributed by atoms with Crippen LogP contribution in [0.5, 0.6) is 0 Å². The Balaban J connectivity index is 2.32. The van der Waals surface area contributed by atoms with E-state index in [9.17, 15) is 9.59 Å². The summed E-state index contributed by atoms with van der Waals surface area (Å²) >= 11 is 0. The molecule has 0 aliphatic heterocycles. The van der Waals surface area contributed by atoms with Crippen LogP contribution in [0.4, 0.5) is 0 Å². The molecular weight excluding hydrogens is 278 g/mol. The molecule has 1 aliphatic carbocycles. The van der Waals surface area contributed by atoms with Crippen LogP contribution in [-0.4, -0.2) is 30.4 Å². The molecule has 22 heavy (non-hydrogen) atoms. The quantitative estimate of drug-likeness (QED) is 0.670. The first-order valence-corrected chi connectivity index (χ1v) is 8.65. The molecule has 1 fully saturated rings. The van der Waals surface area contributed by atoms with Crippen LogP contribution in [0.3, 0.4) is 0 Å². The van der Waals surface area contributed by atoms with Crippen LogP contribution in [0.2, 0.25) is 0 Å². The molecule has 0 aromatic carbocycles. The number of nitrogens with one attached hydrogen (secondary N) is 2. The van der Waals surface area contributed by atoms with E-state index in [1.807, 2.05) is 13.8 Å². The molecule has 0 aromatic heterocycles. The molecule has 0 spiro atoms. The van der Waals surface area contributed by atoms with Gasteiger partial charge in [-0.15, -0.1) is 0 Å². The minimum Gasteiger partial charge on any atom is -0.352 e. The zero-order valence-corrected chi connectivity index (χ0v) is 14.5. The number of nitrogens with two attached hydrogens (primary N) is 1. The third-order valence-electron chi connectivity index (χ3n) is 5.01. The molecule has 0 saturated heterocycles. The van der Waals surface area contributed by atoms with E-state index in [0.29, 0.717) is 11.8 Å². The van der Waals surface area contributed by atoms with Crippen molar-refractivity contribution in [1.29, 1.82) is 0 Å². The molecule has 1 saturated carbocycles. The second-order valence-electron chi connectivity index (χ2n) is 7.10. The van der Waals surface area contributed by atoms with Crippen molar-refractivity contribution >= 4 is 11.8 Å². The number of hydrogen-bond donors (Lipinski definition) is 3. The first-order valence-electron chi connectivity index (χ1n) is 8.65. The van der Waals surface area contributed by atoms with Gasteiger partial charge < -0.3 is 16.4 Å². The average Bonchev–Trinajstić information content (AvgIpc) is 2.51. The van der Waals surface area contributed by atoms with Crippen molar-refractivity contribution in [3.8, 4) is 0 Å². The number of carbonyl (C=O) groups is 2. The van der Waals surface area contributed by atoms with Crippen LogP contribution in [0.1, 0.15) is 59.8 Å². The maximum absolute atomic E-state index is 12.0. The minimum atomic E-state index is -0.564. The van der Waals surface area contributed by atoms with E-state index in [1.165, 1.54) is 32.1 Å². The summed E-state index contributed by atoms with van der Waals surface area (Å²) in [6.07, 6.45) is 6.48. The van der Waals surface area contributed by atoms with Crippen molar-refractivity contribution in [2.45, 2.75) is 71.9 Å². The molecule has 5 heteroatoms. The van der Waals surface area contributed by atoms with Crippen molar-refractivity contribution in [3.63, 3.8) is 0 Å². The highest BCUT2D eigenvalue weighted by Gasteiger charge is 2.25. The van der Waals surface area contributed by atoms with Gasteiger partial charge >= 0.3 is 0 Å². The maximum atomic E-state index is 12.0. The summed E-state index contributed by atoms with van der Waals surface area (Å²) in [5, 5.41) is 5.62. The lowest BCUT2D eigenvalue weighted by Crippen LogP contribution is -2.49. The van der Waals surface area contributed by atoms with E-state index in [0.717, 1.165) is 0 Å². The van der Waals surface area contributed by atoms with Gasteiger partial charge in [0.25, 0.3) is 0 Å². The van der Waals surface area contributed by atoms with E-state index in [2.05, 4.69) is 24.5 Å². The average molecular weight is 311 g/mol. The molecular formula is C17H33N3O2. The van der Waals surface area contributed by atoms with Gasteiger partial charge in [-0.3, -0.25) is 9.59 Å². The Labute approximate surface area is 134 Å². The largest absolute Gasteiger partial charge is 0.352 e. The van der Waals surface area contributed by atoms with Crippen LogP contribution in [0, 0.1) is 17.8 Å². The third kappa shape index (κ3) is 5.95. The summed E-state index contributed by atoms with van der Waals surface area (Å²) < 4.78 is 0. The molecule has 0 heterocycles. The van der Waals surface area contributed by atoms with E-state index >= 15 is 0 Å². The van der Waals surface area contributed by atoms with Gasteiger partial charge in [-0.1, -0.05) is 52.9 Å². The summed E-state index contributed by atoms with van der Waals surface area (Å²) in [5.41, 5.74) is 5.75. The second-order valence-corrected chi connectivity index (χ2v) is 7.10. The first kappa shape index (κ1) is 18.9. The van der Waals surface area contributed by atoms with E-state index in [1.54, 1.807) is 0 Å². The van der Waals surface area contributed by atoms with Gasteiger partial charge in [0.2, 0.25) is 11.8 Å². The Morgan fingerprint density at radius 2 is 1.68 bits per heavy atom. The Bertz CT molecular complexity index is 365. The molecule has 0 aromatic rings. The smallest absolute Gasteiger partial charge is 0.239 e. The Hall–Kier alpha value is -1.10.